The molecule has 376 valence electrons. The molecule has 0 saturated carbocycles. The predicted molar refractivity (Wildman–Crippen MR) is 248 cm³/mol. The number of nitrogens with two attached hydrogens (primary N) is 1. The van der Waals surface area contributed by atoms with Gasteiger partial charge in [-0.2, -0.15) is 0 Å². The van der Waals surface area contributed by atoms with Crippen LogP contribution in [0.1, 0.15) is 68.6 Å². The Morgan fingerprint density at radius 1 is 0.629 bits per heavy atom. The van der Waals surface area contributed by atoms with Gasteiger partial charge >= 0.3 is 5.97 Å². The Kier molecular flexibility index (Phi) is 18.3. The number of carboxylic acids is 1. The monoisotopic (exact) mass is 970 g/mol. The molecule has 7 amide bonds. The second-order valence-electron chi connectivity index (χ2n) is 18.0. The van der Waals surface area contributed by atoms with Crippen LogP contribution in [0, 0.1) is 5.92 Å². The molecule has 70 heavy (non-hydrogen) atoms. The number of rotatable bonds is 24. The molecular formula is C46H62N14O10. The standard InChI is InChI=1S/C46H62N14O10/c1-26(2)14-32(39(62)58-36(22-61)41(64)57-35(46(69)70)15-27-8-4-3-5-9-27)54-40(63)33(17-29-20-49-24-52-29)55-42(65)38-11-7-13-60(38)45(68)34(18-30-21-50-25-53-30)56-43(66)37-10-6-12-59(37)44(67)31(47)16-28-19-48-23-51-28/h3-5,8-9,19-21,23-26,31-38,61H,6-7,10-18,22,47H2,1-2H3,(H,48,51)(H,49,52)(H,50,53)(H,54,63)(H,55,65)(H,56,66)(H,57,64)(H,58,62)(H,69,70)/t31-,32-,33-,34-,35-,36-,37-,38-/m0/s1. The molecule has 4 aromatic rings. The number of nitrogens with zero attached hydrogens (tertiary/aromatic N) is 5. The number of likely N-dealkylation sites (tertiary alicyclic amines) is 2. The zero-order valence-corrected chi connectivity index (χ0v) is 39.0. The molecule has 8 atom stereocenters. The lowest BCUT2D eigenvalue weighted by molar-refractivity contribution is -0.144. The first-order valence-electron chi connectivity index (χ1n) is 23.3. The van der Waals surface area contributed by atoms with E-state index in [1.54, 1.807) is 50.4 Å². The van der Waals surface area contributed by atoms with Gasteiger partial charge in [-0.15, -0.1) is 0 Å². The highest BCUT2D eigenvalue weighted by atomic mass is 16.4. The Labute approximate surface area is 403 Å². The van der Waals surface area contributed by atoms with Crippen LogP contribution in [-0.2, 0) is 64.0 Å². The quantitative estimate of drug-likeness (QED) is 0.0362. The molecule has 5 heterocycles. The summed E-state index contributed by atoms with van der Waals surface area (Å²) < 4.78 is 0. The van der Waals surface area contributed by atoms with E-state index in [0.717, 1.165) is 0 Å². The molecule has 24 heteroatoms. The summed E-state index contributed by atoms with van der Waals surface area (Å²) in [4.78, 5) is 133. The minimum absolute atomic E-state index is 0.0216. The highest BCUT2D eigenvalue weighted by molar-refractivity contribution is 5.98. The van der Waals surface area contributed by atoms with Crippen LogP contribution >= 0.6 is 0 Å². The number of imidazole rings is 3. The summed E-state index contributed by atoms with van der Waals surface area (Å²) in [6.07, 6.45) is 10.4. The van der Waals surface area contributed by atoms with E-state index >= 15 is 0 Å². The number of aliphatic hydroxyl groups excluding tert-OH is 1. The number of hydrogen-bond donors (Lipinski definition) is 11. The van der Waals surface area contributed by atoms with E-state index in [1.807, 2.05) is 0 Å². The van der Waals surface area contributed by atoms with Gasteiger partial charge in [0.2, 0.25) is 41.4 Å². The van der Waals surface area contributed by atoms with E-state index in [9.17, 15) is 48.6 Å². The van der Waals surface area contributed by atoms with Crippen molar-refractivity contribution < 1.29 is 48.6 Å². The Morgan fingerprint density at radius 3 is 1.61 bits per heavy atom. The van der Waals surface area contributed by atoms with Crippen molar-refractivity contribution in [3.63, 3.8) is 0 Å². The fourth-order valence-electron chi connectivity index (χ4n) is 8.68. The molecule has 0 spiro atoms. The number of nitrogens with one attached hydrogen (secondary N) is 8. The third kappa shape index (κ3) is 14.1. The molecule has 24 nitrogen and oxygen atoms in total. The van der Waals surface area contributed by atoms with Gasteiger partial charge < -0.3 is 67.3 Å². The number of aliphatic carboxylic acids is 1. The van der Waals surface area contributed by atoms with Gasteiger partial charge in [0.05, 0.1) is 31.6 Å². The first-order valence-corrected chi connectivity index (χ1v) is 23.3. The van der Waals surface area contributed by atoms with Crippen molar-refractivity contribution >= 4 is 47.3 Å². The number of hydrogen-bond acceptors (Lipinski definition) is 13. The lowest BCUT2D eigenvalue weighted by atomic mass is 10.0. The molecule has 3 aromatic heterocycles. The predicted octanol–water partition coefficient (Wildman–Crippen LogP) is -2.02. The maximum absolute atomic E-state index is 14.5. The molecule has 0 bridgehead atoms. The van der Waals surface area contributed by atoms with Gasteiger partial charge in [-0.3, -0.25) is 33.6 Å². The van der Waals surface area contributed by atoms with Crippen LogP contribution in [0.3, 0.4) is 0 Å². The zero-order valence-electron chi connectivity index (χ0n) is 39.0. The first-order chi connectivity index (χ1) is 33.6. The average molecular weight is 971 g/mol. The third-order valence-corrected chi connectivity index (χ3v) is 12.2. The average Bonchev–Trinajstić information content (AvgIpc) is 4.20. The summed E-state index contributed by atoms with van der Waals surface area (Å²) >= 11 is 0. The van der Waals surface area contributed by atoms with E-state index in [0.29, 0.717) is 48.5 Å². The fraction of sp³-hybridized carbons (Fsp3) is 0.500. The van der Waals surface area contributed by atoms with E-state index in [-0.39, 0.29) is 51.0 Å². The minimum atomic E-state index is -1.58. The molecular weight excluding hydrogens is 909 g/mol. The van der Waals surface area contributed by atoms with Gasteiger partial charge in [-0.1, -0.05) is 44.2 Å². The van der Waals surface area contributed by atoms with Gasteiger partial charge in [0.1, 0.15) is 42.3 Å². The number of aliphatic hydroxyl groups is 1. The molecule has 2 fully saturated rings. The maximum Gasteiger partial charge on any atom is 0.326 e. The highest BCUT2D eigenvalue weighted by Gasteiger charge is 2.42. The molecule has 0 aliphatic carbocycles. The molecule has 12 N–H and O–H groups in total. The second kappa shape index (κ2) is 24.7. The molecule has 6 rings (SSSR count). The number of H-pyrrole nitrogens is 3. The van der Waals surface area contributed by atoms with Gasteiger partial charge in [0.15, 0.2) is 0 Å². The summed E-state index contributed by atoms with van der Waals surface area (Å²) in [7, 11) is 0. The molecule has 0 unspecified atom stereocenters. The highest BCUT2D eigenvalue weighted by Crippen LogP contribution is 2.23. The molecule has 2 saturated heterocycles. The van der Waals surface area contributed by atoms with Crippen LogP contribution in [0.4, 0.5) is 0 Å². The van der Waals surface area contributed by atoms with Gasteiger partial charge in [-0.05, 0) is 43.6 Å². The Bertz CT molecular complexity index is 2380. The summed E-state index contributed by atoms with van der Waals surface area (Å²) in [5, 5.41) is 33.1. The van der Waals surface area contributed by atoms with E-state index in [4.69, 9.17) is 5.73 Å². The molecule has 2 aliphatic rings. The van der Waals surface area contributed by atoms with Crippen LogP contribution < -0.4 is 32.3 Å². The van der Waals surface area contributed by atoms with Crippen LogP contribution in [0.25, 0.3) is 0 Å². The van der Waals surface area contributed by atoms with Crippen molar-refractivity contribution in [2.75, 3.05) is 19.7 Å². The molecule has 0 radical (unpaired) electrons. The maximum atomic E-state index is 14.5. The lowest BCUT2D eigenvalue weighted by Crippen LogP contribution is -2.60. The van der Waals surface area contributed by atoms with E-state index in [2.05, 4.69) is 56.5 Å². The Hall–Kier alpha value is -7.47. The summed E-state index contributed by atoms with van der Waals surface area (Å²) in [5.74, 6) is -6.35. The molecule has 1 aromatic carbocycles. The second-order valence-corrected chi connectivity index (χ2v) is 18.0. The van der Waals surface area contributed by atoms with Crippen LogP contribution in [0.5, 0.6) is 0 Å². The fourth-order valence-corrected chi connectivity index (χ4v) is 8.68. The lowest BCUT2D eigenvalue weighted by Gasteiger charge is -2.32. The number of carbonyl (C=O) groups excluding carboxylic acids is 7. The Morgan fingerprint density at radius 2 is 1.10 bits per heavy atom. The third-order valence-electron chi connectivity index (χ3n) is 12.2. The number of aromatic amines is 3. The number of carboxylic acid groups (broad SMARTS) is 1. The van der Waals surface area contributed by atoms with Gasteiger partial charge in [0.25, 0.3) is 0 Å². The first kappa shape index (κ1) is 51.9. The minimum Gasteiger partial charge on any atom is -0.480 e. The van der Waals surface area contributed by atoms with Crippen molar-refractivity contribution in [2.45, 2.75) is 120 Å². The normalized spacial score (nSPS) is 18.2. The summed E-state index contributed by atoms with van der Waals surface area (Å²) in [6, 6.07) is -1.12. The van der Waals surface area contributed by atoms with Crippen LogP contribution in [-0.4, -0.2) is 165 Å². The zero-order chi connectivity index (χ0) is 50.3. The van der Waals surface area contributed by atoms with Crippen molar-refractivity contribution in [1.82, 2.24) is 66.3 Å². The van der Waals surface area contributed by atoms with Crippen molar-refractivity contribution in [2.24, 2.45) is 11.7 Å². The largest absolute Gasteiger partial charge is 0.480 e. The number of carbonyl (C=O) groups is 8. The smallest absolute Gasteiger partial charge is 0.326 e. The van der Waals surface area contributed by atoms with Crippen LogP contribution in [0.2, 0.25) is 0 Å². The van der Waals surface area contributed by atoms with Crippen molar-refractivity contribution in [3.8, 4) is 0 Å². The van der Waals surface area contributed by atoms with E-state index in [1.165, 1.54) is 41.2 Å². The van der Waals surface area contributed by atoms with Crippen LogP contribution in [0.15, 0.2) is 67.9 Å². The number of aromatic nitrogens is 6. The number of amides is 7. The van der Waals surface area contributed by atoms with Crippen molar-refractivity contribution in [1.29, 1.82) is 0 Å². The summed E-state index contributed by atoms with van der Waals surface area (Å²) in [6.45, 7) is 3.15. The van der Waals surface area contributed by atoms with Crippen molar-refractivity contribution in [3.05, 3.63) is 90.5 Å². The topological polar surface area (TPSA) is 356 Å². The SMILES string of the molecule is CC(C)C[C@H](NC(=O)[C@H](Cc1cnc[nH]1)NC(=O)[C@@H]1CCCN1C(=O)[C@H](Cc1cnc[nH]1)NC(=O)[C@@H]1CCCN1C(=O)[C@@H](N)Cc1cnc[nH]1)C(=O)N[C@@H](CO)C(=O)N[C@@H](Cc1ccccc1)C(=O)O. The molecule has 2 aliphatic heterocycles. The van der Waals surface area contributed by atoms with Gasteiger partial charge in [0, 0.05) is 74.4 Å². The summed E-state index contributed by atoms with van der Waals surface area (Å²) in [5.41, 5.74) is 8.54. The number of benzene rings is 1. The Balaban J connectivity index is 1.14. The van der Waals surface area contributed by atoms with E-state index < -0.39 is 102 Å². The van der Waals surface area contributed by atoms with Gasteiger partial charge in [-0.25, -0.2) is 19.7 Å².